The first-order valence-electron chi connectivity index (χ1n) is 7.52. The number of urea groups is 1. The van der Waals surface area contributed by atoms with Crippen molar-refractivity contribution < 1.29 is 19.8 Å². The monoisotopic (exact) mass is 284 g/mol. The lowest BCUT2D eigenvalue weighted by molar-refractivity contribution is -0.141. The summed E-state index contributed by atoms with van der Waals surface area (Å²) in [5, 5.41) is 21.0. The van der Waals surface area contributed by atoms with Crippen LogP contribution in [0.4, 0.5) is 4.79 Å². The number of carboxylic acids is 1. The molecule has 0 spiro atoms. The first-order chi connectivity index (χ1) is 9.61. The van der Waals surface area contributed by atoms with Crippen molar-refractivity contribution in [1.29, 1.82) is 0 Å². The van der Waals surface area contributed by atoms with E-state index in [-0.39, 0.29) is 30.6 Å². The molecule has 2 aliphatic carbocycles. The van der Waals surface area contributed by atoms with Crippen molar-refractivity contribution in [3.63, 3.8) is 0 Å². The zero-order valence-electron chi connectivity index (χ0n) is 11.8. The van der Waals surface area contributed by atoms with E-state index in [1.807, 2.05) is 0 Å². The fourth-order valence-corrected chi connectivity index (χ4v) is 3.37. The predicted octanol–water partition coefficient (Wildman–Crippen LogP) is 1.19. The van der Waals surface area contributed by atoms with E-state index in [4.69, 9.17) is 10.2 Å². The van der Waals surface area contributed by atoms with Gasteiger partial charge in [0.05, 0.1) is 12.5 Å². The van der Waals surface area contributed by atoms with Crippen LogP contribution in [0, 0.1) is 5.92 Å². The van der Waals surface area contributed by atoms with Crippen molar-refractivity contribution in [3.8, 4) is 0 Å². The standard InChI is InChI=1S/C14H24N2O4/c17-8-7-16(12-3-1-2-4-12)14(20)15-11-6-5-10(9-11)13(18)19/h10-12,17H,1-9H2,(H,15,20)(H,18,19)/t10-,11+/m1/s1. The molecular formula is C14H24N2O4. The van der Waals surface area contributed by atoms with Gasteiger partial charge in [-0.25, -0.2) is 4.79 Å². The number of rotatable bonds is 5. The highest BCUT2D eigenvalue weighted by atomic mass is 16.4. The third-order valence-electron chi connectivity index (χ3n) is 4.48. The maximum atomic E-state index is 12.3. The Morgan fingerprint density at radius 2 is 1.85 bits per heavy atom. The van der Waals surface area contributed by atoms with Crippen LogP contribution < -0.4 is 5.32 Å². The molecule has 2 atom stereocenters. The van der Waals surface area contributed by atoms with Gasteiger partial charge in [0, 0.05) is 18.6 Å². The number of nitrogens with one attached hydrogen (secondary N) is 1. The Morgan fingerprint density at radius 3 is 2.40 bits per heavy atom. The minimum atomic E-state index is -0.773. The molecule has 0 aliphatic heterocycles. The molecule has 2 saturated carbocycles. The predicted molar refractivity (Wildman–Crippen MR) is 73.3 cm³/mol. The van der Waals surface area contributed by atoms with Crippen LogP contribution in [0.25, 0.3) is 0 Å². The topological polar surface area (TPSA) is 89.9 Å². The number of carbonyl (C=O) groups is 2. The van der Waals surface area contributed by atoms with Gasteiger partial charge in [0.15, 0.2) is 0 Å². The van der Waals surface area contributed by atoms with Gasteiger partial charge in [0.2, 0.25) is 0 Å². The number of aliphatic carboxylic acids is 1. The van der Waals surface area contributed by atoms with Gasteiger partial charge in [-0.05, 0) is 32.1 Å². The Morgan fingerprint density at radius 1 is 1.15 bits per heavy atom. The fraction of sp³-hybridized carbons (Fsp3) is 0.857. The number of carbonyl (C=O) groups excluding carboxylic acids is 1. The summed E-state index contributed by atoms with van der Waals surface area (Å²) in [5.74, 6) is -1.11. The maximum Gasteiger partial charge on any atom is 0.317 e. The second-order valence-corrected chi connectivity index (χ2v) is 5.85. The van der Waals surface area contributed by atoms with Crippen LogP contribution >= 0.6 is 0 Å². The molecule has 2 amide bonds. The molecule has 0 saturated heterocycles. The number of hydrogen-bond acceptors (Lipinski definition) is 3. The zero-order valence-corrected chi connectivity index (χ0v) is 11.8. The highest BCUT2D eigenvalue weighted by molar-refractivity contribution is 5.75. The number of carboxylic acid groups (broad SMARTS) is 1. The van der Waals surface area contributed by atoms with E-state index in [1.54, 1.807) is 4.90 Å². The number of amides is 2. The molecule has 0 heterocycles. The molecule has 6 nitrogen and oxygen atoms in total. The summed E-state index contributed by atoms with van der Waals surface area (Å²) in [4.78, 5) is 25.0. The van der Waals surface area contributed by atoms with Crippen molar-refractivity contribution in [2.75, 3.05) is 13.2 Å². The molecule has 2 aliphatic rings. The van der Waals surface area contributed by atoms with Crippen LogP contribution in [0.5, 0.6) is 0 Å². The summed E-state index contributed by atoms with van der Waals surface area (Å²) < 4.78 is 0. The van der Waals surface area contributed by atoms with Gasteiger partial charge in [-0.15, -0.1) is 0 Å². The van der Waals surface area contributed by atoms with Crippen molar-refractivity contribution in [2.45, 2.75) is 57.0 Å². The molecular weight excluding hydrogens is 260 g/mol. The second-order valence-electron chi connectivity index (χ2n) is 5.85. The van der Waals surface area contributed by atoms with E-state index in [1.165, 1.54) is 0 Å². The Labute approximate surface area is 119 Å². The Bertz CT molecular complexity index is 355. The Balaban J connectivity index is 1.87. The lowest BCUT2D eigenvalue weighted by Gasteiger charge is -2.29. The molecule has 0 radical (unpaired) electrons. The number of aliphatic hydroxyl groups excluding tert-OH is 1. The minimum absolute atomic E-state index is 0.0354. The van der Waals surface area contributed by atoms with E-state index in [2.05, 4.69) is 5.32 Å². The SMILES string of the molecule is O=C(O)[C@@H]1CC[C@H](NC(=O)N(CCO)C2CCCC2)C1. The van der Waals surface area contributed by atoms with Crippen LogP contribution in [0.1, 0.15) is 44.9 Å². The maximum absolute atomic E-state index is 12.3. The Hall–Kier alpha value is -1.30. The van der Waals surface area contributed by atoms with Crippen LogP contribution in [-0.2, 0) is 4.79 Å². The summed E-state index contributed by atoms with van der Waals surface area (Å²) in [6.07, 6.45) is 6.11. The summed E-state index contributed by atoms with van der Waals surface area (Å²) in [6.45, 7) is 0.317. The quantitative estimate of drug-likeness (QED) is 0.707. The lowest BCUT2D eigenvalue weighted by atomic mass is 10.1. The van der Waals surface area contributed by atoms with E-state index in [9.17, 15) is 9.59 Å². The molecule has 3 N–H and O–H groups in total. The van der Waals surface area contributed by atoms with Gasteiger partial charge < -0.3 is 20.4 Å². The molecule has 2 fully saturated rings. The van der Waals surface area contributed by atoms with E-state index in [0.29, 0.717) is 19.4 Å². The molecule has 20 heavy (non-hydrogen) atoms. The molecule has 6 heteroatoms. The lowest BCUT2D eigenvalue weighted by Crippen LogP contribution is -2.49. The van der Waals surface area contributed by atoms with Gasteiger partial charge >= 0.3 is 12.0 Å². The number of nitrogens with zero attached hydrogens (tertiary/aromatic N) is 1. The average Bonchev–Trinajstić information content (AvgIpc) is 3.06. The molecule has 114 valence electrons. The summed E-state index contributed by atoms with van der Waals surface area (Å²) >= 11 is 0. The zero-order chi connectivity index (χ0) is 14.5. The minimum Gasteiger partial charge on any atom is -0.481 e. The number of aliphatic hydroxyl groups is 1. The van der Waals surface area contributed by atoms with Crippen LogP contribution in [0.15, 0.2) is 0 Å². The van der Waals surface area contributed by atoms with Crippen LogP contribution in [0.2, 0.25) is 0 Å². The average molecular weight is 284 g/mol. The Kier molecular flexibility index (Phi) is 5.23. The molecule has 0 aromatic rings. The first-order valence-corrected chi connectivity index (χ1v) is 7.52. The first kappa shape index (κ1) is 15.1. The fourth-order valence-electron chi connectivity index (χ4n) is 3.37. The second kappa shape index (κ2) is 6.92. The van der Waals surface area contributed by atoms with Gasteiger partial charge in [-0.1, -0.05) is 12.8 Å². The van der Waals surface area contributed by atoms with Crippen molar-refractivity contribution in [3.05, 3.63) is 0 Å². The molecule has 0 unspecified atom stereocenters. The highest BCUT2D eigenvalue weighted by Gasteiger charge is 2.33. The van der Waals surface area contributed by atoms with Gasteiger partial charge in [0.1, 0.15) is 0 Å². The summed E-state index contributed by atoms with van der Waals surface area (Å²) in [6, 6.07) is 0.0204. The largest absolute Gasteiger partial charge is 0.481 e. The normalized spacial score (nSPS) is 26.6. The van der Waals surface area contributed by atoms with Gasteiger partial charge in [-0.3, -0.25) is 4.79 Å². The number of hydrogen-bond donors (Lipinski definition) is 3. The van der Waals surface area contributed by atoms with Crippen molar-refractivity contribution >= 4 is 12.0 Å². The highest BCUT2D eigenvalue weighted by Crippen LogP contribution is 2.27. The van der Waals surface area contributed by atoms with Crippen LogP contribution in [0.3, 0.4) is 0 Å². The van der Waals surface area contributed by atoms with Crippen molar-refractivity contribution in [2.24, 2.45) is 5.92 Å². The van der Waals surface area contributed by atoms with Crippen LogP contribution in [-0.4, -0.2) is 52.3 Å². The molecule has 0 aromatic carbocycles. The smallest absolute Gasteiger partial charge is 0.317 e. The van der Waals surface area contributed by atoms with E-state index in [0.717, 1.165) is 32.1 Å². The van der Waals surface area contributed by atoms with Crippen molar-refractivity contribution in [1.82, 2.24) is 10.2 Å². The van der Waals surface area contributed by atoms with E-state index < -0.39 is 5.97 Å². The molecule has 2 rings (SSSR count). The summed E-state index contributed by atoms with van der Waals surface area (Å²) in [7, 11) is 0. The third-order valence-corrected chi connectivity index (χ3v) is 4.48. The summed E-state index contributed by atoms with van der Waals surface area (Å²) in [5.41, 5.74) is 0. The molecule has 0 aromatic heterocycles. The third kappa shape index (κ3) is 3.62. The molecule has 0 bridgehead atoms. The van der Waals surface area contributed by atoms with Gasteiger partial charge in [0.25, 0.3) is 0 Å². The van der Waals surface area contributed by atoms with Gasteiger partial charge in [-0.2, -0.15) is 0 Å². The van der Waals surface area contributed by atoms with E-state index >= 15 is 0 Å².